The molecule has 1 saturated carbocycles. The van der Waals surface area contributed by atoms with Crippen molar-refractivity contribution in [3.63, 3.8) is 0 Å². The van der Waals surface area contributed by atoms with Crippen LogP contribution in [0, 0.1) is 0 Å². The largest absolute Gasteiger partial charge is 0.375 e. The van der Waals surface area contributed by atoms with Gasteiger partial charge in [0.15, 0.2) is 0 Å². The van der Waals surface area contributed by atoms with Crippen LogP contribution in [-0.4, -0.2) is 23.4 Å². The van der Waals surface area contributed by atoms with Gasteiger partial charge >= 0.3 is 0 Å². The summed E-state index contributed by atoms with van der Waals surface area (Å²) in [6, 6.07) is 2.48. The van der Waals surface area contributed by atoms with Crippen molar-refractivity contribution in [2.75, 3.05) is 6.61 Å². The number of nitrogens with zero attached hydrogens (tertiary/aromatic N) is 1. The summed E-state index contributed by atoms with van der Waals surface area (Å²) in [5.41, 5.74) is 0.192. The maximum absolute atomic E-state index is 6.02. The van der Waals surface area contributed by atoms with E-state index in [4.69, 9.17) is 9.26 Å². The summed E-state index contributed by atoms with van der Waals surface area (Å²) in [6.45, 7) is 1.68. The van der Waals surface area contributed by atoms with E-state index in [1.54, 1.807) is 6.20 Å². The Morgan fingerprint density at radius 1 is 1.41 bits per heavy atom. The summed E-state index contributed by atoms with van der Waals surface area (Å²) in [7, 11) is 0. The fourth-order valence-corrected chi connectivity index (χ4v) is 3.15. The third-order valence-corrected chi connectivity index (χ3v) is 4.06. The van der Waals surface area contributed by atoms with Crippen molar-refractivity contribution >= 4 is 0 Å². The number of ether oxygens (including phenoxy) is 1. The van der Waals surface area contributed by atoms with Crippen LogP contribution in [0.5, 0.6) is 0 Å². The lowest BCUT2D eigenvalue weighted by molar-refractivity contribution is -0.0839. The molecule has 94 valence electrons. The van der Waals surface area contributed by atoms with E-state index in [-0.39, 0.29) is 5.60 Å². The fourth-order valence-electron chi connectivity index (χ4n) is 3.15. The molecule has 3 rings (SSSR count). The van der Waals surface area contributed by atoms with Crippen LogP contribution >= 0.6 is 0 Å². The van der Waals surface area contributed by atoms with Gasteiger partial charge in [-0.2, -0.15) is 0 Å². The van der Waals surface area contributed by atoms with Gasteiger partial charge in [-0.3, -0.25) is 0 Å². The first-order chi connectivity index (χ1) is 8.36. The molecular weight excluding hydrogens is 216 g/mol. The van der Waals surface area contributed by atoms with Gasteiger partial charge in [-0.25, -0.2) is 0 Å². The van der Waals surface area contributed by atoms with Gasteiger partial charge in [-0.05, 0) is 25.7 Å². The van der Waals surface area contributed by atoms with E-state index >= 15 is 0 Å². The van der Waals surface area contributed by atoms with Gasteiger partial charge in [-0.15, -0.1) is 0 Å². The highest BCUT2D eigenvalue weighted by molar-refractivity contribution is 4.96. The quantitative estimate of drug-likeness (QED) is 0.874. The predicted molar refractivity (Wildman–Crippen MR) is 63.5 cm³/mol. The van der Waals surface area contributed by atoms with E-state index < -0.39 is 0 Å². The molecule has 1 aromatic rings. The SMILES string of the molecule is c1cc(CNC2CCOC3(CCCC3)C2)on1. The lowest BCUT2D eigenvalue weighted by Gasteiger charge is -2.38. The Morgan fingerprint density at radius 2 is 2.29 bits per heavy atom. The number of rotatable bonds is 3. The first-order valence-corrected chi connectivity index (χ1v) is 6.63. The normalized spacial score (nSPS) is 27.6. The monoisotopic (exact) mass is 236 g/mol. The molecule has 0 amide bonds. The number of hydrogen-bond donors (Lipinski definition) is 1. The Labute approximate surface area is 102 Å². The summed E-state index contributed by atoms with van der Waals surface area (Å²) < 4.78 is 11.1. The van der Waals surface area contributed by atoms with Crippen molar-refractivity contribution in [3.8, 4) is 0 Å². The summed E-state index contributed by atoms with van der Waals surface area (Å²) in [5.74, 6) is 0.914. The topological polar surface area (TPSA) is 47.3 Å². The van der Waals surface area contributed by atoms with Gasteiger partial charge in [0, 0.05) is 18.7 Å². The van der Waals surface area contributed by atoms with Crippen LogP contribution in [0.1, 0.15) is 44.3 Å². The Hall–Kier alpha value is -0.870. The highest BCUT2D eigenvalue weighted by atomic mass is 16.5. The first-order valence-electron chi connectivity index (χ1n) is 6.63. The maximum atomic E-state index is 6.02. The summed E-state index contributed by atoms with van der Waals surface area (Å²) in [5, 5.41) is 7.28. The Kier molecular flexibility index (Phi) is 3.16. The second-order valence-electron chi connectivity index (χ2n) is 5.29. The van der Waals surface area contributed by atoms with Gasteiger partial charge in [0.1, 0.15) is 5.76 Å². The van der Waals surface area contributed by atoms with Gasteiger partial charge in [0.05, 0.1) is 18.3 Å². The summed E-state index contributed by atoms with van der Waals surface area (Å²) >= 11 is 0. The first kappa shape index (κ1) is 11.2. The summed E-state index contributed by atoms with van der Waals surface area (Å²) in [4.78, 5) is 0. The molecule has 1 saturated heterocycles. The molecule has 2 aliphatic rings. The Balaban J connectivity index is 1.53. The minimum Gasteiger partial charge on any atom is -0.375 e. The minimum atomic E-state index is 0.192. The lowest BCUT2D eigenvalue weighted by atomic mass is 9.89. The third-order valence-electron chi connectivity index (χ3n) is 4.06. The standard InChI is InChI=1S/C13H20N2O2/c1-2-6-13(5-1)9-11(4-8-16-13)14-10-12-3-7-15-17-12/h3,7,11,14H,1-2,4-6,8-10H2. The zero-order valence-electron chi connectivity index (χ0n) is 10.2. The van der Waals surface area contributed by atoms with Crippen molar-refractivity contribution in [2.24, 2.45) is 0 Å². The minimum absolute atomic E-state index is 0.192. The van der Waals surface area contributed by atoms with Crippen molar-refractivity contribution in [2.45, 2.75) is 56.7 Å². The van der Waals surface area contributed by atoms with Crippen LogP contribution in [0.2, 0.25) is 0 Å². The van der Waals surface area contributed by atoms with Crippen LogP contribution in [0.15, 0.2) is 16.8 Å². The van der Waals surface area contributed by atoms with E-state index in [1.165, 1.54) is 25.7 Å². The molecule has 0 bridgehead atoms. The molecule has 1 aromatic heterocycles. The number of hydrogen-bond acceptors (Lipinski definition) is 4. The van der Waals surface area contributed by atoms with E-state index in [9.17, 15) is 0 Å². The van der Waals surface area contributed by atoms with Gasteiger partial charge in [0.2, 0.25) is 0 Å². The van der Waals surface area contributed by atoms with Crippen molar-refractivity contribution in [1.82, 2.24) is 10.5 Å². The maximum Gasteiger partial charge on any atom is 0.150 e. The highest BCUT2D eigenvalue weighted by Crippen LogP contribution is 2.39. The number of aromatic nitrogens is 1. The molecule has 1 unspecified atom stereocenters. The van der Waals surface area contributed by atoms with Crippen molar-refractivity contribution in [1.29, 1.82) is 0 Å². The van der Waals surface area contributed by atoms with Crippen LogP contribution in [-0.2, 0) is 11.3 Å². The molecule has 1 spiro atoms. The molecule has 4 heteroatoms. The zero-order chi connectivity index (χ0) is 11.6. The molecule has 1 atom stereocenters. The zero-order valence-corrected chi connectivity index (χ0v) is 10.2. The predicted octanol–water partition coefficient (Wildman–Crippen LogP) is 2.26. The second kappa shape index (κ2) is 4.78. The van der Waals surface area contributed by atoms with E-state index in [0.717, 1.165) is 31.8 Å². The molecule has 17 heavy (non-hydrogen) atoms. The van der Waals surface area contributed by atoms with E-state index in [1.807, 2.05) is 6.07 Å². The molecule has 2 heterocycles. The molecule has 2 fully saturated rings. The Morgan fingerprint density at radius 3 is 3.06 bits per heavy atom. The lowest BCUT2D eigenvalue weighted by Crippen LogP contribution is -2.45. The van der Waals surface area contributed by atoms with E-state index in [0.29, 0.717) is 6.04 Å². The molecule has 0 radical (unpaired) electrons. The van der Waals surface area contributed by atoms with Gasteiger partial charge < -0.3 is 14.6 Å². The van der Waals surface area contributed by atoms with Crippen LogP contribution in [0.3, 0.4) is 0 Å². The molecule has 1 aliphatic heterocycles. The fraction of sp³-hybridized carbons (Fsp3) is 0.769. The third kappa shape index (κ3) is 2.53. The van der Waals surface area contributed by atoms with Crippen LogP contribution < -0.4 is 5.32 Å². The smallest absolute Gasteiger partial charge is 0.150 e. The second-order valence-corrected chi connectivity index (χ2v) is 5.29. The average molecular weight is 236 g/mol. The van der Waals surface area contributed by atoms with Crippen molar-refractivity contribution < 1.29 is 9.26 Å². The average Bonchev–Trinajstić information content (AvgIpc) is 2.99. The Bertz CT molecular complexity index is 344. The van der Waals surface area contributed by atoms with Crippen molar-refractivity contribution in [3.05, 3.63) is 18.0 Å². The highest BCUT2D eigenvalue weighted by Gasteiger charge is 2.39. The summed E-state index contributed by atoms with van der Waals surface area (Å²) in [6.07, 6.45) is 9.10. The number of nitrogens with one attached hydrogen (secondary N) is 1. The van der Waals surface area contributed by atoms with Gasteiger partial charge in [0.25, 0.3) is 0 Å². The van der Waals surface area contributed by atoms with Gasteiger partial charge in [-0.1, -0.05) is 18.0 Å². The molecule has 4 nitrogen and oxygen atoms in total. The van der Waals surface area contributed by atoms with Crippen LogP contribution in [0.4, 0.5) is 0 Å². The molecule has 1 aliphatic carbocycles. The molecule has 1 N–H and O–H groups in total. The van der Waals surface area contributed by atoms with Crippen LogP contribution in [0.25, 0.3) is 0 Å². The molecule has 0 aromatic carbocycles. The van der Waals surface area contributed by atoms with E-state index in [2.05, 4.69) is 10.5 Å². The molecular formula is C13H20N2O2.